The largest absolute Gasteiger partial charge is 0.497 e. The molecule has 0 spiro atoms. The van der Waals surface area contributed by atoms with Crippen molar-refractivity contribution in [3.8, 4) is 5.75 Å². The number of ether oxygens (including phenoxy) is 1. The second-order valence-corrected chi connectivity index (χ2v) is 5.40. The van der Waals surface area contributed by atoms with Gasteiger partial charge >= 0.3 is 0 Å². The molecule has 102 valence electrons. The van der Waals surface area contributed by atoms with E-state index in [1.54, 1.807) is 7.11 Å². The van der Waals surface area contributed by atoms with Crippen LogP contribution in [0.1, 0.15) is 23.2 Å². The number of nitrogens with zero attached hydrogens (tertiary/aromatic N) is 1. The molecule has 3 rings (SSSR count). The van der Waals surface area contributed by atoms with Crippen molar-refractivity contribution in [3.63, 3.8) is 0 Å². The molecule has 2 fully saturated rings. The number of benzene rings is 1. The van der Waals surface area contributed by atoms with E-state index in [4.69, 9.17) is 4.74 Å². The van der Waals surface area contributed by atoms with Crippen molar-refractivity contribution in [1.29, 1.82) is 0 Å². The number of nitrogens with one attached hydrogen (secondary N) is 1. The normalized spacial score (nSPS) is 26.1. The number of rotatable bonds is 2. The Morgan fingerprint density at radius 2 is 2.11 bits per heavy atom. The molecule has 1 N–H and O–H groups in total. The van der Waals surface area contributed by atoms with Gasteiger partial charge in [0.1, 0.15) is 5.75 Å². The number of likely N-dealkylation sites (tertiary alicyclic amines) is 1. The summed E-state index contributed by atoms with van der Waals surface area (Å²) < 4.78 is 5.12. The second kappa shape index (κ2) is 5.21. The third kappa shape index (κ3) is 2.45. The highest BCUT2D eigenvalue weighted by Gasteiger charge is 2.36. The van der Waals surface area contributed by atoms with Crippen LogP contribution in [-0.4, -0.2) is 43.6 Å². The van der Waals surface area contributed by atoms with Gasteiger partial charge in [0.2, 0.25) is 0 Å². The van der Waals surface area contributed by atoms with Crippen LogP contribution in [0.3, 0.4) is 0 Å². The minimum absolute atomic E-state index is 0.138. The maximum atomic E-state index is 12.4. The summed E-state index contributed by atoms with van der Waals surface area (Å²) in [6.45, 7) is 2.82. The Hall–Kier alpha value is -1.55. The zero-order valence-corrected chi connectivity index (χ0v) is 11.3. The highest BCUT2D eigenvalue weighted by molar-refractivity contribution is 5.94. The fraction of sp³-hybridized carbons (Fsp3) is 0.533. The maximum absolute atomic E-state index is 12.4. The van der Waals surface area contributed by atoms with Gasteiger partial charge in [-0.3, -0.25) is 4.79 Å². The molecule has 19 heavy (non-hydrogen) atoms. The van der Waals surface area contributed by atoms with Crippen LogP contribution in [0.4, 0.5) is 0 Å². The Labute approximate surface area is 113 Å². The van der Waals surface area contributed by atoms with Crippen LogP contribution in [0.2, 0.25) is 0 Å². The molecular weight excluding hydrogens is 240 g/mol. The smallest absolute Gasteiger partial charge is 0.253 e. The highest BCUT2D eigenvalue weighted by Crippen LogP contribution is 2.26. The van der Waals surface area contributed by atoms with E-state index in [9.17, 15) is 4.79 Å². The van der Waals surface area contributed by atoms with E-state index in [1.165, 1.54) is 12.8 Å². The van der Waals surface area contributed by atoms with Gasteiger partial charge in [-0.05, 0) is 49.6 Å². The Balaban J connectivity index is 1.70. The minimum Gasteiger partial charge on any atom is -0.497 e. The SMILES string of the molecule is COc1ccc(C(=O)N2CC3CCCNC3C2)cc1. The molecule has 0 aromatic heterocycles. The number of fused-ring (bicyclic) bond motifs is 1. The summed E-state index contributed by atoms with van der Waals surface area (Å²) in [5.74, 6) is 1.56. The molecule has 2 heterocycles. The van der Waals surface area contributed by atoms with Gasteiger partial charge in [-0.2, -0.15) is 0 Å². The summed E-state index contributed by atoms with van der Waals surface area (Å²) in [6, 6.07) is 7.87. The lowest BCUT2D eigenvalue weighted by Gasteiger charge is -2.24. The third-order valence-electron chi connectivity index (χ3n) is 4.22. The van der Waals surface area contributed by atoms with Crippen molar-refractivity contribution in [2.24, 2.45) is 5.92 Å². The molecule has 2 aliphatic heterocycles. The molecule has 1 amide bonds. The number of carbonyl (C=O) groups excluding carboxylic acids is 1. The van der Waals surface area contributed by atoms with Crippen LogP contribution in [0, 0.1) is 5.92 Å². The number of piperidine rings is 1. The zero-order valence-electron chi connectivity index (χ0n) is 11.3. The zero-order chi connectivity index (χ0) is 13.2. The van der Waals surface area contributed by atoms with Gasteiger partial charge in [-0.25, -0.2) is 0 Å². The molecule has 0 radical (unpaired) electrons. The lowest BCUT2D eigenvalue weighted by Crippen LogP contribution is -2.41. The van der Waals surface area contributed by atoms with E-state index in [2.05, 4.69) is 5.32 Å². The van der Waals surface area contributed by atoms with Gasteiger partial charge in [0, 0.05) is 24.7 Å². The molecule has 2 saturated heterocycles. The Morgan fingerprint density at radius 3 is 2.79 bits per heavy atom. The second-order valence-electron chi connectivity index (χ2n) is 5.40. The fourth-order valence-electron chi connectivity index (χ4n) is 3.13. The fourth-order valence-corrected chi connectivity index (χ4v) is 3.13. The molecule has 0 bridgehead atoms. The van der Waals surface area contributed by atoms with E-state index in [0.717, 1.165) is 30.9 Å². The third-order valence-corrected chi connectivity index (χ3v) is 4.22. The van der Waals surface area contributed by atoms with Crippen molar-refractivity contribution in [2.75, 3.05) is 26.7 Å². The van der Waals surface area contributed by atoms with Crippen LogP contribution >= 0.6 is 0 Å². The number of methoxy groups -OCH3 is 1. The molecule has 4 nitrogen and oxygen atoms in total. The molecule has 0 saturated carbocycles. The first-order valence-electron chi connectivity index (χ1n) is 6.94. The summed E-state index contributed by atoms with van der Waals surface area (Å²) in [4.78, 5) is 14.4. The summed E-state index contributed by atoms with van der Waals surface area (Å²) >= 11 is 0. The van der Waals surface area contributed by atoms with Crippen LogP contribution in [0.5, 0.6) is 5.75 Å². The quantitative estimate of drug-likeness (QED) is 0.876. The first-order chi connectivity index (χ1) is 9.28. The summed E-state index contributed by atoms with van der Waals surface area (Å²) in [6.07, 6.45) is 2.47. The van der Waals surface area contributed by atoms with Gasteiger partial charge in [0.25, 0.3) is 5.91 Å². The lowest BCUT2D eigenvalue weighted by atomic mass is 9.94. The van der Waals surface area contributed by atoms with Gasteiger partial charge in [-0.1, -0.05) is 0 Å². The molecule has 1 aromatic carbocycles. The summed E-state index contributed by atoms with van der Waals surface area (Å²) in [7, 11) is 1.63. The van der Waals surface area contributed by atoms with E-state index in [-0.39, 0.29) is 5.91 Å². The first kappa shape index (κ1) is 12.5. The van der Waals surface area contributed by atoms with Gasteiger partial charge in [0.15, 0.2) is 0 Å². The van der Waals surface area contributed by atoms with Crippen LogP contribution in [0.15, 0.2) is 24.3 Å². The van der Waals surface area contributed by atoms with Crippen LogP contribution in [-0.2, 0) is 0 Å². The molecule has 2 unspecified atom stereocenters. The van der Waals surface area contributed by atoms with Crippen molar-refractivity contribution in [2.45, 2.75) is 18.9 Å². The van der Waals surface area contributed by atoms with E-state index in [1.807, 2.05) is 29.2 Å². The predicted molar refractivity (Wildman–Crippen MR) is 73.4 cm³/mol. The van der Waals surface area contributed by atoms with Gasteiger partial charge in [0.05, 0.1) is 7.11 Å². The number of hydrogen-bond acceptors (Lipinski definition) is 3. The van der Waals surface area contributed by atoms with E-state index >= 15 is 0 Å². The van der Waals surface area contributed by atoms with Crippen molar-refractivity contribution in [3.05, 3.63) is 29.8 Å². The van der Waals surface area contributed by atoms with Crippen molar-refractivity contribution >= 4 is 5.91 Å². The Kier molecular flexibility index (Phi) is 3.42. The van der Waals surface area contributed by atoms with Gasteiger partial charge in [-0.15, -0.1) is 0 Å². The Bertz CT molecular complexity index is 444. The van der Waals surface area contributed by atoms with E-state index < -0.39 is 0 Å². The van der Waals surface area contributed by atoms with Crippen molar-refractivity contribution < 1.29 is 9.53 Å². The Morgan fingerprint density at radius 1 is 1.32 bits per heavy atom. The maximum Gasteiger partial charge on any atom is 0.253 e. The van der Waals surface area contributed by atoms with Crippen molar-refractivity contribution in [1.82, 2.24) is 10.2 Å². The summed E-state index contributed by atoms with van der Waals surface area (Å²) in [5, 5.41) is 3.52. The molecule has 2 aliphatic rings. The monoisotopic (exact) mass is 260 g/mol. The molecule has 0 aliphatic carbocycles. The standard InChI is InChI=1S/C15H20N2O2/c1-19-13-6-4-11(5-7-13)15(18)17-9-12-3-2-8-16-14(12)10-17/h4-7,12,14,16H,2-3,8-10H2,1H3. The minimum atomic E-state index is 0.138. The topological polar surface area (TPSA) is 41.6 Å². The predicted octanol–water partition coefficient (Wildman–Crippen LogP) is 1.52. The number of amides is 1. The number of carbonyl (C=O) groups is 1. The molecular formula is C15H20N2O2. The summed E-state index contributed by atoms with van der Waals surface area (Å²) in [5.41, 5.74) is 0.749. The van der Waals surface area contributed by atoms with Crippen LogP contribution < -0.4 is 10.1 Å². The van der Waals surface area contributed by atoms with E-state index in [0.29, 0.717) is 12.0 Å². The molecule has 2 atom stereocenters. The average Bonchev–Trinajstić information content (AvgIpc) is 2.90. The highest BCUT2D eigenvalue weighted by atomic mass is 16.5. The van der Waals surface area contributed by atoms with Gasteiger partial charge < -0.3 is 15.0 Å². The number of hydrogen-bond donors (Lipinski definition) is 1. The molecule has 1 aromatic rings. The first-order valence-corrected chi connectivity index (χ1v) is 6.94. The molecule has 4 heteroatoms. The average molecular weight is 260 g/mol. The lowest BCUT2D eigenvalue weighted by molar-refractivity contribution is 0.0785. The van der Waals surface area contributed by atoms with Crippen LogP contribution in [0.25, 0.3) is 0 Å².